The molecule has 3 heterocycles. The highest BCUT2D eigenvalue weighted by Crippen LogP contribution is 2.34. The Hall–Kier alpha value is -2.77. The maximum Gasteiger partial charge on any atom is 0.261 e. The van der Waals surface area contributed by atoms with Crippen LogP contribution in [0.15, 0.2) is 47.8 Å². The van der Waals surface area contributed by atoms with Crippen LogP contribution in [0, 0.1) is 5.82 Å². The molecule has 29 heavy (non-hydrogen) atoms. The second-order valence-electron chi connectivity index (χ2n) is 7.40. The summed E-state index contributed by atoms with van der Waals surface area (Å²) in [6.07, 6.45) is 0. The fourth-order valence-electron chi connectivity index (χ4n) is 4.13. The number of imide groups is 1. The van der Waals surface area contributed by atoms with Gasteiger partial charge in [0.05, 0.1) is 16.8 Å². The largest absolute Gasteiger partial charge is 0.368 e. The molecule has 1 saturated heterocycles. The van der Waals surface area contributed by atoms with Crippen LogP contribution in [0.4, 0.5) is 10.1 Å². The predicted octanol–water partition coefficient (Wildman–Crippen LogP) is 3.46. The summed E-state index contributed by atoms with van der Waals surface area (Å²) in [5.74, 6) is -0.591. The van der Waals surface area contributed by atoms with E-state index in [-0.39, 0.29) is 17.6 Å². The average molecular weight is 409 g/mol. The number of carbonyl (C=O) groups is 2. The number of hydrogen-bond donors (Lipinski definition) is 0. The van der Waals surface area contributed by atoms with Crippen molar-refractivity contribution in [3.63, 3.8) is 0 Å². The van der Waals surface area contributed by atoms with E-state index < -0.39 is 0 Å². The van der Waals surface area contributed by atoms with E-state index in [9.17, 15) is 14.0 Å². The standard InChI is InChI=1S/C22H20FN3O2S/c23-15-5-6-18-19(14-29-20(18)13-15)25-10-7-24(8-11-25)9-12-26-21(27)16-3-1-2-4-17(16)22(26)28/h1-6,13-14H,7-12H2. The third kappa shape index (κ3) is 3.20. The number of benzene rings is 2. The Morgan fingerprint density at radius 2 is 1.59 bits per heavy atom. The van der Waals surface area contributed by atoms with E-state index in [1.807, 2.05) is 6.07 Å². The number of rotatable bonds is 4. The summed E-state index contributed by atoms with van der Waals surface area (Å²) in [5.41, 5.74) is 2.16. The van der Waals surface area contributed by atoms with Crippen LogP contribution < -0.4 is 4.90 Å². The Bertz CT molecular complexity index is 1070. The molecule has 2 aliphatic rings. The maximum atomic E-state index is 13.4. The number of anilines is 1. The molecule has 0 saturated carbocycles. The van der Waals surface area contributed by atoms with E-state index >= 15 is 0 Å². The van der Waals surface area contributed by atoms with Crippen LogP contribution in [0.5, 0.6) is 0 Å². The van der Waals surface area contributed by atoms with Crippen molar-refractivity contribution in [2.45, 2.75) is 0 Å². The molecule has 0 bridgehead atoms. The molecule has 148 valence electrons. The lowest BCUT2D eigenvalue weighted by atomic mass is 10.1. The number of halogens is 1. The Balaban J connectivity index is 1.20. The second-order valence-corrected chi connectivity index (χ2v) is 8.31. The van der Waals surface area contributed by atoms with Gasteiger partial charge in [-0.25, -0.2) is 4.39 Å². The van der Waals surface area contributed by atoms with Gasteiger partial charge in [0.15, 0.2) is 0 Å². The highest BCUT2D eigenvalue weighted by Gasteiger charge is 2.35. The fourth-order valence-corrected chi connectivity index (χ4v) is 5.12. The zero-order valence-electron chi connectivity index (χ0n) is 15.8. The van der Waals surface area contributed by atoms with Crippen molar-refractivity contribution in [1.29, 1.82) is 0 Å². The van der Waals surface area contributed by atoms with Gasteiger partial charge in [-0.3, -0.25) is 19.4 Å². The number of piperazine rings is 1. The van der Waals surface area contributed by atoms with Crippen molar-refractivity contribution in [2.75, 3.05) is 44.2 Å². The molecule has 0 unspecified atom stereocenters. The van der Waals surface area contributed by atoms with Crippen molar-refractivity contribution in [3.05, 3.63) is 64.8 Å². The van der Waals surface area contributed by atoms with Gasteiger partial charge in [-0.15, -0.1) is 11.3 Å². The van der Waals surface area contributed by atoms with Gasteiger partial charge in [-0.05, 0) is 30.3 Å². The van der Waals surface area contributed by atoms with Gasteiger partial charge < -0.3 is 4.90 Å². The van der Waals surface area contributed by atoms with Crippen molar-refractivity contribution in [2.24, 2.45) is 0 Å². The minimum atomic E-state index is -0.205. The second kappa shape index (κ2) is 7.24. The molecule has 5 rings (SSSR count). The molecular formula is C22H20FN3O2S. The SMILES string of the molecule is O=C1c2ccccc2C(=O)N1CCN1CCN(c2csc3cc(F)ccc23)CC1. The van der Waals surface area contributed by atoms with Crippen LogP contribution in [-0.2, 0) is 0 Å². The summed E-state index contributed by atoms with van der Waals surface area (Å²) >= 11 is 1.57. The molecule has 3 aromatic rings. The number of fused-ring (bicyclic) bond motifs is 2. The highest BCUT2D eigenvalue weighted by molar-refractivity contribution is 7.17. The molecule has 2 aliphatic heterocycles. The van der Waals surface area contributed by atoms with E-state index in [1.165, 1.54) is 11.0 Å². The smallest absolute Gasteiger partial charge is 0.261 e. The first-order valence-electron chi connectivity index (χ1n) is 9.71. The van der Waals surface area contributed by atoms with Gasteiger partial charge >= 0.3 is 0 Å². The molecule has 0 spiro atoms. The van der Waals surface area contributed by atoms with Gasteiger partial charge in [0.2, 0.25) is 0 Å². The summed E-state index contributed by atoms with van der Waals surface area (Å²) in [6.45, 7) is 4.54. The van der Waals surface area contributed by atoms with Crippen LogP contribution in [-0.4, -0.2) is 60.9 Å². The average Bonchev–Trinajstić information content (AvgIpc) is 3.26. The fraction of sp³-hybridized carbons (Fsp3) is 0.273. The molecule has 1 aromatic heterocycles. The van der Waals surface area contributed by atoms with E-state index in [2.05, 4.69) is 15.2 Å². The van der Waals surface area contributed by atoms with Crippen molar-refractivity contribution < 1.29 is 14.0 Å². The zero-order valence-corrected chi connectivity index (χ0v) is 16.6. The summed E-state index contributed by atoms with van der Waals surface area (Å²) in [6, 6.07) is 11.9. The number of amides is 2. The molecule has 0 atom stereocenters. The lowest BCUT2D eigenvalue weighted by molar-refractivity contribution is 0.0635. The van der Waals surface area contributed by atoms with E-state index in [0.717, 1.165) is 42.0 Å². The van der Waals surface area contributed by atoms with Crippen molar-refractivity contribution >= 4 is 38.9 Å². The van der Waals surface area contributed by atoms with Crippen molar-refractivity contribution in [1.82, 2.24) is 9.80 Å². The monoisotopic (exact) mass is 409 g/mol. The quantitative estimate of drug-likeness (QED) is 0.619. The lowest BCUT2D eigenvalue weighted by Gasteiger charge is -2.36. The van der Waals surface area contributed by atoms with Gasteiger partial charge in [0, 0.05) is 54.7 Å². The normalized spacial score (nSPS) is 17.4. The molecule has 0 N–H and O–H groups in total. The Kier molecular flexibility index (Phi) is 4.56. The molecule has 2 aromatic carbocycles. The van der Waals surface area contributed by atoms with Crippen LogP contribution in [0.1, 0.15) is 20.7 Å². The van der Waals surface area contributed by atoms with E-state index in [4.69, 9.17) is 0 Å². The first-order chi connectivity index (χ1) is 14.1. The number of carbonyl (C=O) groups excluding carboxylic acids is 2. The predicted molar refractivity (Wildman–Crippen MR) is 112 cm³/mol. The van der Waals surface area contributed by atoms with Gasteiger partial charge in [0.25, 0.3) is 11.8 Å². The Morgan fingerprint density at radius 1 is 0.897 bits per heavy atom. The van der Waals surface area contributed by atoms with Crippen molar-refractivity contribution in [3.8, 4) is 0 Å². The maximum absolute atomic E-state index is 13.4. The molecule has 2 amide bonds. The van der Waals surface area contributed by atoms with Crippen LogP contribution in [0.25, 0.3) is 10.1 Å². The Labute approximate surface area is 171 Å². The van der Waals surface area contributed by atoms with Crippen LogP contribution >= 0.6 is 11.3 Å². The molecule has 0 aliphatic carbocycles. The van der Waals surface area contributed by atoms with Gasteiger partial charge in [-0.1, -0.05) is 12.1 Å². The number of thiophene rings is 1. The number of hydrogen-bond acceptors (Lipinski definition) is 5. The topological polar surface area (TPSA) is 43.9 Å². The molecular weight excluding hydrogens is 389 g/mol. The minimum absolute atomic E-state index is 0.193. The minimum Gasteiger partial charge on any atom is -0.368 e. The van der Waals surface area contributed by atoms with Crippen LogP contribution in [0.3, 0.4) is 0 Å². The lowest BCUT2D eigenvalue weighted by Crippen LogP contribution is -2.49. The first kappa shape index (κ1) is 18.3. The summed E-state index contributed by atoms with van der Waals surface area (Å²) < 4.78 is 14.4. The summed E-state index contributed by atoms with van der Waals surface area (Å²) in [4.78, 5) is 31.0. The van der Waals surface area contributed by atoms with Gasteiger partial charge in [-0.2, -0.15) is 0 Å². The van der Waals surface area contributed by atoms with Gasteiger partial charge in [0.1, 0.15) is 5.82 Å². The molecule has 0 radical (unpaired) electrons. The van der Waals surface area contributed by atoms with E-state index in [0.29, 0.717) is 24.2 Å². The zero-order chi connectivity index (χ0) is 20.0. The van der Waals surface area contributed by atoms with E-state index in [1.54, 1.807) is 41.7 Å². The molecule has 7 heteroatoms. The van der Waals surface area contributed by atoms with Crippen LogP contribution in [0.2, 0.25) is 0 Å². The summed E-state index contributed by atoms with van der Waals surface area (Å²) in [5, 5.41) is 3.19. The third-order valence-corrected chi connectivity index (χ3v) is 6.68. The first-order valence-corrected chi connectivity index (χ1v) is 10.6. The highest BCUT2D eigenvalue weighted by atomic mass is 32.1. The number of nitrogens with zero attached hydrogens (tertiary/aromatic N) is 3. The Morgan fingerprint density at radius 3 is 2.28 bits per heavy atom. The molecule has 1 fully saturated rings. The molecule has 5 nitrogen and oxygen atoms in total. The third-order valence-electron chi connectivity index (χ3n) is 5.75. The summed E-state index contributed by atoms with van der Waals surface area (Å²) in [7, 11) is 0.